The summed E-state index contributed by atoms with van der Waals surface area (Å²) in [5, 5.41) is 3.13. The van der Waals surface area contributed by atoms with Gasteiger partial charge in [0.05, 0.1) is 10.5 Å². The number of hydrogen-bond acceptors (Lipinski definition) is 4. The van der Waals surface area contributed by atoms with Crippen molar-refractivity contribution >= 4 is 37.3 Å². The molecule has 0 bridgehead atoms. The molecule has 1 heterocycles. The van der Waals surface area contributed by atoms with Crippen LogP contribution in [0.3, 0.4) is 0 Å². The van der Waals surface area contributed by atoms with Crippen molar-refractivity contribution in [2.24, 2.45) is 0 Å². The third-order valence-corrected chi connectivity index (χ3v) is 5.86. The summed E-state index contributed by atoms with van der Waals surface area (Å²) in [4.78, 5) is 1.16. The Morgan fingerprint density at radius 1 is 1.50 bits per heavy atom. The predicted molar refractivity (Wildman–Crippen MR) is 75.2 cm³/mol. The highest BCUT2D eigenvalue weighted by Crippen LogP contribution is 2.31. The molecule has 0 fully saturated rings. The van der Waals surface area contributed by atoms with E-state index in [0.29, 0.717) is 10.3 Å². The van der Waals surface area contributed by atoms with E-state index in [1.165, 1.54) is 11.3 Å². The topological polar surface area (TPSA) is 58.2 Å². The van der Waals surface area contributed by atoms with Gasteiger partial charge in [-0.2, -0.15) is 0 Å². The van der Waals surface area contributed by atoms with Crippen LogP contribution in [0.25, 0.3) is 0 Å². The van der Waals surface area contributed by atoms with Crippen LogP contribution in [-0.2, 0) is 16.6 Å². The van der Waals surface area contributed by atoms with Crippen LogP contribution < -0.4 is 10.0 Å². The first-order valence-corrected chi connectivity index (χ1v) is 8.65. The van der Waals surface area contributed by atoms with Crippen molar-refractivity contribution < 1.29 is 12.8 Å². The van der Waals surface area contributed by atoms with E-state index in [-0.39, 0.29) is 17.9 Å². The van der Waals surface area contributed by atoms with Crippen LogP contribution in [0.2, 0.25) is 0 Å². The zero-order chi connectivity index (χ0) is 13.6. The number of nitrogens with one attached hydrogen (secondary N) is 2. The maximum atomic E-state index is 11.9. The molecule has 0 unspecified atom stereocenters. The summed E-state index contributed by atoms with van der Waals surface area (Å²) >= 11 is 4.63. The molecule has 0 aliphatic carbocycles. The third-order valence-electron chi connectivity index (χ3n) is 2.15. The Hall–Kier alpha value is -0.0200. The molecule has 1 aromatic heterocycles. The van der Waals surface area contributed by atoms with E-state index in [2.05, 4.69) is 26.0 Å². The lowest BCUT2D eigenvalue weighted by Crippen LogP contribution is -2.25. The number of rotatable bonds is 8. The summed E-state index contributed by atoms with van der Waals surface area (Å²) in [5.74, 6) is 0. The fourth-order valence-corrected chi connectivity index (χ4v) is 4.99. The monoisotopic (exact) mass is 358 g/mol. The Kier molecular flexibility index (Phi) is 6.72. The van der Waals surface area contributed by atoms with Crippen molar-refractivity contribution in [2.45, 2.75) is 24.8 Å². The van der Waals surface area contributed by atoms with Gasteiger partial charge in [-0.15, -0.1) is 11.3 Å². The van der Waals surface area contributed by atoms with Gasteiger partial charge in [-0.05, 0) is 35.0 Å². The number of sulfonamides is 1. The van der Waals surface area contributed by atoms with Gasteiger partial charge in [0, 0.05) is 18.0 Å². The third kappa shape index (κ3) is 4.58. The lowest BCUT2D eigenvalue weighted by molar-refractivity contribution is 0.470. The van der Waals surface area contributed by atoms with Gasteiger partial charge >= 0.3 is 0 Å². The first-order chi connectivity index (χ1) is 8.51. The summed E-state index contributed by atoms with van der Waals surface area (Å²) in [6.07, 6.45) is 0.186. The summed E-state index contributed by atoms with van der Waals surface area (Å²) in [5.41, 5.74) is 0. The lowest BCUT2D eigenvalue weighted by atomic mass is 10.4. The lowest BCUT2D eigenvalue weighted by Gasteiger charge is -2.03. The van der Waals surface area contributed by atoms with E-state index < -0.39 is 16.7 Å². The normalized spacial score (nSPS) is 11.9. The Bertz CT molecular complexity index is 476. The zero-order valence-electron chi connectivity index (χ0n) is 10.0. The van der Waals surface area contributed by atoms with E-state index in [1.807, 2.05) is 6.92 Å². The summed E-state index contributed by atoms with van der Waals surface area (Å²) in [6, 6.07) is 1.63. The molecular formula is C10H16BrFN2O2S2. The van der Waals surface area contributed by atoms with Crippen molar-refractivity contribution in [3.63, 3.8) is 0 Å². The first-order valence-electron chi connectivity index (χ1n) is 5.55. The highest BCUT2D eigenvalue weighted by molar-refractivity contribution is 9.11. The van der Waals surface area contributed by atoms with E-state index in [9.17, 15) is 12.8 Å². The maximum absolute atomic E-state index is 11.9. The van der Waals surface area contributed by atoms with Gasteiger partial charge in [-0.1, -0.05) is 6.92 Å². The van der Waals surface area contributed by atoms with Gasteiger partial charge in [0.2, 0.25) is 10.0 Å². The molecule has 0 atom stereocenters. The Balaban J connectivity index is 2.78. The van der Waals surface area contributed by atoms with E-state index >= 15 is 0 Å². The van der Waals surface area contributed by atoms with Crippen LogP contribution in [0.5, 0.6) is 0 Å². The standard InChI is InChI=1S/C10H16BrFN2O2S2/c1-2-13-7-8-6-9(10(11)17-8)18(15,16)14-5-3-4-12/h6,13-14H,2-5,7H2,1H3. The minimum Gasteiger partial charge on any atom is -0.312 e. The molecule has 0 radical (unpaired) electrons. The molecule has 0 aromatic carbocycles. The molecule has 18 heavy (non-hydrogen) atoms. The Labute approximate surface area is 119 Å². The van der Waals surface area contributed by atoms with Crippen LogP contribution in [0.4, 0.5) is 4.39 Å². The van der Waals surface area contributed by atoms with Crippen molar-refractivity contribution in [3.05, 3.63) is 14.7 Å². The van der Waals surface area contributed by atoms with Crippen LogP contribution in [-0.4, -0.2) is 28.2 Å². The molecule has 2 N–H and O–H groups in total. The number of alkyl halides is 1. The minimum atomic E-state index is -3.55. The van der Waals surface area contributed by atoms with E-state index in [1.54, 1.807) is 6.07 Å². The van der Waals surface area contributed by atoms with Gasteiger partial charge in [0.1, 0.15) is 4.90 Å². The number of thiophene rings is 1. The van der Waals surface area contributed by atoms with Crippen LogP contribution in [0, 0.1) is 0 Å². The molecule has 0 saturated heterocycles. The highest BCUT2D eigenvalue weighted by Gasteiger charge is 2.20. The molecule has 8 heteroatoms. The van der Waals surface area contributed by atoms with Crippen molar-refractivity contribution in [1.82, 2.24) is 10.0 Å². The molecule has 0 aliphatic heterocycles. The van der Waals surface area contributed by atoms with Crippen molar-refractivity contribution in [2.75, 3.05) is 19.8 Å². The van der Waals surface area contributed by atoms with E-state index in [4.69, 9.17) is 0 Å². The summed E-state index contributed by atoms with van der Waals surface area (Å²) in [6.45, 7) is 3.04. The molecule has 1 rings (SSSR count). The molecular weight excluding hydrogens is 343 g/mol. The highest BCUT2D eigenvalue weighted by atomic mass is 79.9. The molecule has 1 aromatic rings. The average molecular weight is 359 g/mol. The second-order valence-electron chi connectivity index (χ2n) is 3.57. The summed E-state index contributed by atoms with van der Waals surface area (Å²) in [7, 11) is -3.55. The molecule has 104 valence electrons. The van der Waals surface area contributed by atoms with Gasteiger partial charge < -0.3 is 5.32 Å². The molecule has 0 spiro atoms. The summed E-state index contributed by atoms with van der Waals surface area (Å²) < 4.78 is 38.8. The Morgan fingerprint density at radius 2 is 2.22 bits per heavy atom. The number of halogens is 2. The fraction of sp³-hybridized carbons (Fsp3) is 0.600. The second-order valence-corrected chi connectivity index (χ2v) is 7.76. The number of hydrogen-bond donors (Lipinski definition) is 2. The predicted octanol–water partition coefficient (Wildman–Crippen LogP) is 2.26. The maximum Gasteiger partial charge on any atom is 0.242 e. The molecule has 4 nitrogen and oxygen atoms in total. The van der Waals surface area contributed by atoms with E-state index in [0.717, 1.165) is 11.4 Å². The average Bonchev–Trinajstić information content (AvgIpc) is 2.69. The molecule has 0 amide bonds. The van der Waals surface area contributed by atoms with Crippen molar-refractivity contribution in [3.8, 4) is 0 Å². The quantitative estimate of drug-likeness (QED) is 0.700. The second kappa shape index (κ2) is 7.54. The van der Waals surface area contributed by atoms with Gasteiger partial charge in [-0.3, -0.25) is 4.39 Å². The Morgan fingerprint density at radius 3 is 2.83 bits per heavy atom. The van der Waals surface area contributed by atoms with Gasteiger partial charge in [-0.25, -0.2) is 13.1 Å². The SMILES string of the molecule is CCNCc1cc(S(=O)(=O)NCCCF)c(Br)s1. The van der Waals surface area contributed by atoms with Crippen LogP contribution in [0.1, 0.15) is 18.2 Å². The van der Waals surface area contributed by atoms with Gasteiger partial charge in [0.15, 0.2) is 0 Å². The van der Waals surface area contributed by atoms with Gasteiger partial charge in [0.25, 0.3) is 0 Å². The van der Waals surface area contributed by atoms with Crippen LogP contribution in [0.15, 0.2) is 14.7 Å². The smallest absolute Gasteiger partial charge is 0.242 e. The molecule has 0 saturated carbocycles. The van der Waals surface area contributed by atoms with Crippen molar-refractivity contribution in [1.29, 1.82) is 0 Å². The zero-order valence-corrected chi connectivity index (χ0v) is 13.2. The van der Waals surface area contributed by atoms with Crippen LogP contribution >= 0.6 is 27.3 Å². The molecule has 0 aliphatic rings. The largest absolute Gasteiger partial charge is 0.312 e. The fourth-order valence-electron chi connectivity index (χ4n) is 1.27. The first kappa shape index (κ1) is 16.0. The minimum absolute atomic E-state index is 0.115.